The van der Waals surface area contributed by atoms with Crippen molar-refractivity contribution in [3.8, 4) is 0 Å². The number of ether oxygens (including phenoxy) is 1. The molecule has 0 radical (unpaired) electrons. The molecule has 0 bridgehead atoms. The summed E-state index contributed by atoms with van der Waals surface area (Å²) < 4.78 is 5.55. The summed E-state index contributed by atoms with van der Waals surface area (Å²) in [4.78, 5) is 33.9. The first-order valence-electron chi connectivity index (χ1n) is 12.4. The van der Waals surface area contributed by atoms with Crippen LogP contribution in [0.5, 0.6) is 0 Å². The van der Waals surface area contributed by atoms with Gasteiger partial charge in [0.2, 0.25) is 5.91 Å². The zero-order chi connectivity index (χ0) is 22.4. The van der Waals surface area contributed by atoms with Crippen LogP contribution in [-0.4, -0.2) is 102 Å². The van der Waals surface area contributed by atoms with Gasteiger partial charge in [0, 0.05) is 51.9 Å². The number of carbonyl (C=O) groups excluding carboxylic acids is 2. The molecule has 7 nitrogen and oxygen atoms in total. The molecule has 0 aromatic rings. The normalized spacial score (nSPS) is 26.7. The zero-order valence-electron chi connectivity index (χ0n) is 20.3. The van der Waals surface area contributed by atoms with Gasteiger partial charge in [0.1, 0.15) is 5.60 Å². The number of rotatable bonds is 5. The number of amides is 2. The van der Waals surface area contributed by atoms with Crippen molar-refractivity contribution in [3.05, 3.63) is 0 Å². The third-order valence-electron chi connectivity index (χ3n) is 6.97. The molecule has 0 aliphatic carbocycles. The van der Waals surface area contributed by atoms with Crippen LogP contribution < -0.4 is 0 Å². The number of nitrogens with zero attached hydrogens (tertiary/aromatic N) is 4. The highest BCUT2D eigenvalue weighted by molar-refractivity contribution is 5.78. The first-order valence-corrected chi connectivity index (χ1v) is 12.4. The van der Waals surface area contributed by atoms with Crippen molar-refractivity contribution in [3.63, 3.8) is 0 Å². The number of likely N-dealkylation sites (tertiary alicyclic amines) is 2. The third kappa shape index (κ3) is 7.63. The standard InChI is InChI=1S/C24H44N4O3/c1-20-8-5-6-12-28(20)22(29)19-26-16-14-25(15-17-26)13-10-21-9-7-11-27(18-21)23(30)31-24(2,3)4/h20-21H,5-19H2,1-4H3/t20-,21+/m1/s1. The fourth-order valence-electron chi connectivity index (χ4n) is 5.08. The minimum Gasteiger partial charge on any atom is -0.444 e. The highest BCUT2D eigenvalue weighted by Crippen LogP contribution is 2.22. The van der Waals surface area contributed by atoms with Gasteiger partial charge in [-0.25, -0.2) is 4.79 Å². The molecule has 178 valence electrons. The van der Waals surface area contributed by atoms with Gasteiger partial charge in [0.25, 0.3) is 0 Å². The van der Waals surface area contributed by atoms with Gasteiger partial charge >= 0.3 is 6.09 Å². The van der Waals surface area contributed by atoms with Crippen LogP contribution in [-0.2, 0) is 9.53 Å². The predicted octanol–water partition coefficient (Wildman–Crippen LogP) is 3.04. The van der Waals surface area contributed by atoms with E-state index in [1.807, 2.05) is 25.7 Å². The van der Waals surface area contributed by atoms with E-state index < -0.39 is 5.60 Å². The largest absolute Gasteiger partial charge is 0.444 e. The molecule has 0 aromatic carbocycles. The highest BCUT2D eigenvalue weighted by Gasteiger charge is 2.29. The molecule has 3 saturated heterocycles. The Morgan fingerprint density at radius 3 is 2.29 bits per heavy atom. The Balaban J connectivity index is 1.34. The van der Waals surface area contributed by atoms with Crippen molar-refractivity contribution in [2.24, 2.45) is 5.92 Å². The quantitative estimate of drug-likeness (QED) is 0.663. The highest BCUT2D eigenvalue weighted by atomic mass is 16.6. The molecule has 3 fully saturated rings. The lowest BCUT2D eigenvalue weighted by atomic mass is 9.94. The fourth-order valence-corrected chi connectivity index (χ4v) is 5.08. The van der Waals surface area contributed by atoms with Crippen LogP contribution >= 0.6 is 0 Å². The van der Waals surface area contributed by atoms with Crippen LogP contribution in [0.1, 0.15) is 66.2 Å². The summed E-state index contributed by atoms with van der Waals surface area (Å²) >= 11 is 0. The summed E-state index contributed by atoms with van der Waals surface area (Å²) in [6.45, 7) is 16.2. The number of piperazine rings is 1. The van der Waals surface area contributed by atoms with Crippen molar-refractivity contribution >= 4 is 12.0 Å². The van der Waals surface area contributed by atoms with Gasteiger partial charge in [0.05, 0.1) is 6.54 Å². The minimum atomic E-state index is -0.433. The van der Waals surface area contributed by atoms with Crippen LogP contribution in [0.3, 0.4) is 0 Å². The summed E-state index contributed by atoms with van der Waals surface area (Å²) in [7, 11) is 0. The van der Waals surface area contributed by atoms with E-state index in [-0.39, 0.29) is 6.09 Å². The van der Waals surface area contributed by atoms with Gasteiger partial charge < -0.3 is 19.4 Å². The molecule has 2 atom stereocenters. The second-order valence-corrected chi connectivity index (χ2v) is 10.8. The molecule has 3 rings (SSSR count). The molecule has 31 heavy (non-hydrogen) atoms. The van der Waals surface area contributed by atoms with Gasteiger partial charge in [-0.3, -0.25) is 9.69 Å². The average molecular weight is 437 g/mol. The molecule has 0 aromatic heterocycles. The lowest BCUT2D eigenvalue weighted by molar-refractivity contribution is -0.136. The van der Waals surface area contributed by atoms with E-state index >= 15 is 0 Å². The number of carbonyl (C=O) groups is 2. The zero-order valence-corrected chi connectivity index (χ0v) is 20.3. The summed E-state index contributed by atoms with van der Waals surface area (Å²) in [5, 5.41) is 0. The molecule has 0 saturated carbocycles. The van der Waals surface area contributed by atoms with Gasteiger partial charge in [-0.2, -0.15) is 0 Å². The monoisotopic (exact) mass is 436 g/mol. The van der Waals surface area contributed by atoms with Gasteiger partial charge in [-0.15, -0.1) is 0 Å². The summed E-state index contributed by atoms with van der Waals surface area (Å²) in [6, 6.07) is 0.401. The Morgan fingerprint density at radius 2 is 1.61 bits per heavy atom. The summed E-state index contributed by atoms with van der Waals surface area (Å²) in [5.74, 6) is 0.867. The number of hydrogen-bond donors (Lipinski definition) is 0. The molecule has 0 spiro atoms. The summed E-state index contributed by atoms with van der Waals surface area (Å²) in [6.07, 6.45) is 6.77. The van der Waals surface area contributed by atoms with Crippen LogP contribution in [0.2, 0.25) is 0 Å². The lowest BCUT2D eigenvalue weighted by Gasteiger charge is -2.39. The molecule has 0 unspecified atom stereocenters. The van der Waals surface area contributed by atoms with E-state index in [9.17, 15) is 9.59 Å². The van der Waals surface area contributed by atoms with Gasteiger partial charge in [0.15, 0.2) is 0 Å². The van der Waals surface area contributed by atoms with Gasteiger partial charge in [-0.05, 0) is 78.7 Å². The molecule has 3 heterocycles. The Kier molecular flexibility index (Phi) is 8.62. The SMILES string of the molecule is C[C@@H]1CCCCN1C(=O)CN1CCN(CC[C@@H]2CCCN(C(=O)OC(C)(C)C)C2)CC1. The van der Waals surface area contributed by atoms with E-state index in [4.69, 9.17) is 4.74 Å². The van der Waals surface area contributed by atoms with Crippen molar-refractivity contribution in [1.29, 1.82) is 0 Å². The van der Waals surface area contributed by atoms with Crippen molar-refractivity contribution in [2.45, 2.75) is 77.9 Å². The number of hydrogen-bond acceptors (Lipinski definition) is 5. The Morgan fingerprint density at radius 1 is 0.903 bits per heavy atom. The molecule has 7 heteroatoms. The smallest absolute Gasteiger partial charge is 0.410 e. The maximum atomic E-state index is 12.7. The topological polar surface area (TPSA) is 56.3 Å². The minimum absolute atomic E-state index is 0.168. The van der Waals surface area contributed by atoms with E-state index in [2.05, 4.69) is 21.6 Å². The second kappa shape index (κ2) is 11.0. The van der Waals surface area contributed by atoms with Gasteiger partial charge in [-0.1, -0.05) is 0 Å². The molecular formula is C24H44N4O3. The van der Waals surface area contributed by atoms with Crippen molar-refractivity contribution < 1.29 is 14.3 Å². The van der Waals surface area contributed by atoms with Crippen molar-refractivity contribution in [1.82, 2.24) is 19.6 Å². The van der Waals surface area contributed by atoms with Crippen LogP contribution in [0.4, 0.5) is 4.79 Å². The van der Waals surface area contributed by atoms with E-state index in [0.717, 1.165) is 78.0 Å². The molecule has 0 N–H and O–H groups in total. The molecule has 3 aliphatic heterocycles. The van der Waals surface area contributed by atoms with Crippen molar-refractivity contribution in [2.75, 3.05) is 58.9 Å². The Labute approximate surface area is 189 Å². The van der Waals surface area contributed by atoms with E-state index in [0.29, 0.717) is 24.4 Å². The van der Waals surface area contributed by atoms with E-state index in [1.165, 1.54) is 12.8 Å². The first-order chi connectivity index (χ1) is 14.7. The van der Waals surface area contributed by atoms with Crippen LogP contribution in [0.15, 0.2) is 0 Å². The Bertz CT molecular complexity index is 598. The first kappa shape index (κ1) is 24.3. The lowest BCUT2D eigenvalue weighted by Crippen LogP contribution is -2.52. The average Bonchev–Trinajstić information content (AvgIpc) is 2.72. The second-order valence-electron chi connectivity index (χ2n) is 10.8. The number of piperidine rings is 2. The van der Waals surface area contributed by atoms with Crippen LogP contribution in [0.25, 0.3) is 0 Å². The summed E-state index contributed by atoms with van der Waals surface area (Å²) in [5.41, 5.74) is -0.433. The maximum absolute atomic E-state index is 12.7. The molecular weight excluding hydrogens is 392 g/mol. The predicted molar refractivity (Wildman–Crippen MR) is 123 cm³/mol. The fraction of sp³-hybridized carbons (Fsp3) is 0.917. The Hall–Kier alpha value is -1.34. The van der Waals surface area contributed by atoms with Crippen LogP contribution in [0, 0.1) is 5.92 Å². The molecule has 2 amide bonds. The maximum Gasteiger partial charge on any atom is 0.410 e. The van der Waals surface area contributed by atoms with E-state index in [1.54, 1.807) is 0 Å². The third-order valence-corrected chi connectivity index (χ3v) is 6.97. The molecule has 3 aliphatic rings.